The molecule has 0 fully saturated rings. The maximum Gasteiger partial charge on any atom is 0.433 e. The van der Waals surface area contributed by atoms with Crippen molar-refractivity contribution in [3.8, 4) is 0 Å². The van der Waals surface area contributed by atoms with Crippen LogP contribution in [0.15, 0.2) is 36.5 Å². The zero-order valence-electron chi connectivity index (χ0n) is 13.4. The maximum absolute atomic E-state index is 12.6. The van der Waals surface area contributed by atoms with Gasteiger partial charge in [-0.2, -0.15) is 13.2 Å². The van der Waals surface area contributed by atoms with Crippen LogP contribution in [-0.2, 0) is 12.7 Å². The van der Waals surface area contributed by atoms with Crippen LogP contribution in [0.25, 0.3) is 0 Å². The van der Waals surface area contributed by atoms with Crippen molar-refractivity contribution < 1.29 is 18.0 Å². The van der Waals surface area contributed by atoms with Crippen LogP contribution < -0.4 is 0 Å². The van der Waals surface area contributed by atoms with E-state index in [1.54, 1.807) is 18.2 Å². The van der Waals surface area contributed by atoms with Gasteiger partial charge in [-0.15, -0.1) is 0 Å². The monoisotopic (exact) mass is 390 g/mol. The predicted octanol–water partition coefficient (Wildman–Crippen LogP) is 5.46. The molecule has 0 radical (unpaired) electrons. The first-order chi connectivity index (χ1) is 11.6. The second-order valence-electron chi connectivity index (χ2n) is 5.71. The number of halogens is 5. The van der Waals surface area contributed by atoms with Crippen LogP contribution in [0.2, 0.25) is 10.0 Å². The van der Waals surface area contributed by atoms with Crippen molar-refractivity contribution in [2.75, 3.05) is 0 Å². The lowest BCUT2D eigenvalue weighted by molar-refractivity contribution is -0.141. The first-order valence-electron chi connectivity index (χ1n) is 7.37. The van der Waals surface area contributed by atoms with Gasteiger partial charge in [-0.3, -0.25) is 9.78 Å². The Morgan fingerprint density at radius 2 is 1.84 bits per heavy atom. The third-order valence-electron chi connectivity index (χ3n) is 3.52. The number of pyridine rings is 1. The third kappa shape index (κ3) is 4.86. The van der Waals surface area contributed by atoms with E-state index in [0.29, 0.717) is 10.0 Å². The minimum Gasteiger partial charge on any atom is -0.332 e. The van der Waals surface area contributed by atoms with Gasteiger partial charge in [0.15, 0.2) is 0 Å². The summed E-state index contributed by atoms with van der Waals surface area (Å²) in [6.45, 7) is 3.87. The number of benzene rings is 1. The normalized spacial score (nSPS) is 11.7. The Hall–Kier alpha value is -1.79. The number of aromatic nitrogens is 1. The summed E-state index contributed by atoms with van der Waals surface area (Å²) in [5.41, 5.74) is -0.192. The summed E-state index contributed by atoms with van der Waals surface area (Å²) in [6.07, 6.45) is -3.60. The van der Waals surface area contributed by atoms with Gasteiger partial charge in [-0.05, 0) is 43.7 Å². The molecule has 1 heterocycles. The molecule has 0 N–H and O–H groups in total. The van der Waals surface area contributed by atoms with Gasteiger partial charge in [-0.25, -0.2) is 0 Å². The molecular weight excluding hydrogens is 376 g/mol. The van der Waals surface area contributed by atoms with Crippen molar-refractivity contribution in [1.82, 2.24) is 9.88 Å². The number of nitrogens with zero attached hydrogens (tertiary/aromatic N) is 2. The molecule has 0 aliphatic carbocycles. The average Bonchev–Trinajstić information content (AvgIpc) is 2.54. The van der Waals surface area contributed by atoms with Crippen LogP contribution in [-0.4, -0.2) is 21.8 Å². The van der Waals surface area contributed by atoms with Crippen molar-refractivity contribution >= 4 is 29.1 Å². The molecule has 3 nitrogen and oxygen atoms in total. The van der Waals surface area contributed by atoms with Crippen LogP contribution in [0.4, 0.5) is 13.2 Å². The highest BCUT2D eigenvalue weighted by atomic mass is 35.5. The van der Waals surface area contributed by atoms with Crippen molar-refractivity contribution in [2.45, 2.75) is 32.6 Å². The van der Waals surface area contributed by atoms with Gasteiger partial charge in [0.05, 0.1) is 15.6 Å². The fourth-order valence-electron chi connectivity index (χ4n) is 2.18. The molecule has 0 bridgehead atoms. The standard InChI is InChI=1S/C17H15Cl2F3N2O/c1-10(2)24(9-11-3-5-13(18)14(19)7-11)16(25)12-4-6-15(23-8-12)17(20,21)22/h3-8,10H,9H2,1-2H3. The zero-order chi connectivity index (χ0) is 18.8. The molecule has 1 aromatic carbocycles. The van der Waals surface area contributed by atoms with Gasteiger partial charge in [-0.1, -0.05) is 29.3 Å². The lowest BCUT2D eigenvalue weighted by atomic mass is 10.1. The van der Waals surface area contributed by atoms with Gasteiger partial charge in [0, 0.05) is 18.8 Å². The number of carbonyl (C=O) groups is 1. The number of alkyl halides is 3. The first-order valence-corrected chi connectivity index (χ1v) is 8.13. The highest BCUT2D eigenvalue weighted by molar-refractivity contribution is 6.42. The minimum absolute atomic E-state index is 0.0850. The lowest BCUT2D eigenvalue weighted by Crippen LogP contribution is -2.36. The molecule has 1 amide bonds. The summed E-state index contributed by atoms with van der Waals surface area (Å²) in [6, 6.07) is 6.76. The maximum atomic E-state index is 12.6. The second-order valence-corrected chi connectivity index (χ2v) is 6.52. The fourth-order valence-corrected chi connectivity index (χ4v) is 2.50. The van der Waals surface area contributed by atoms with Crippen molar-refractivity contribution in [1.29, 1.82) is 0 Å². The van der Waals surface area contributed by atoms with Crippen molar-refractivity contribution in [3.63, 3.8) is 0 Å². The highest BCUT2D eigenvalue weighted by Gasteiger charge is 2.32. The second kappa shape index (κ2) is 7.62. The molecule has 134 valence electrons. The van der Waals surface area contributed by atoms with Crippen LogP contribution in [0.5, 0.6) is 0 Å². The largest absolute Gasteiger partial charge is 0.433 e. The number of rotatable bonds is 4. The van der Waals surface area contributed by atoms with E-state index in [-0.39, 0.29) is 18.2 Å². The molecule has 2 rings (SSSR count). The quantitative estimate of drug-likeness (QED) is 0.694. The SMILES string of the molecule is CC(C)N(Cc1ccc(Cl)c(Cl)c1)C(=O)c1ccc(C(F)(F)F)nc1. The Morgan fingerprint density at radius 3 is 2.32 bits per heavy atom. The molecule has 0 spiro atoms. The van der Waals surface area contributed by atoms with Crippen molar-refractivity contribution in [2.24, 2.45) is 0 Å². The van der Waals surface area contributed by atoms with Crippen LogP contribution >= 0.6 is 23.2 Å². The Bertz CT molecular complexity index is 761. The van der Waals surface area contributed by atoms with E-state index < -0.39 is 17.8 Å². The van der Waals surface area contributed by atoms with E-state index in [2.05, 4.69) is 4.98 Å². The number of amides is 1. The lowest BCUT2D eigenvalue weighted by Gasteiger charge is -2.27. The van der Waals surface area contributed by atoms with E-state index in [9.17, 15) is 18.0 Å². The van der Waals surface area contributed by atoms with Crippen LogP contribution in [0, 0.1) is 0 Å². The molecule has 2 aromatic rings. The molecule has 1 aromatic heterocycles. The van der Waals surface area contributed by atoms with Gasteiger partial charge in [0.25, 0.3) is 5.91 Å². The Kier molecular flexibility index (Phi) is 5.95. The van der Waals surface area contributed by atoms with E-state index in [4.69, 9.17) is 23.2 Å². The van der Waals surface area contributed by atoms with Crippen LogP contribution in [0.3, 0.4) is 0 Å². The minimum atomic E-state index is -4.54. The van der Waals surface area contributed by atoms with Crippen molar-refractivity contribution in [3.05, 3.63) is 63.4 Å². The highest BCUT2D eigenvalue weighted by Crippen LogP contribution is 2.28. The topological polar surface area (TPSA) is 33.2 Å². The fraction of sp³-hybridized carbons (Fsp3) is 0.294. The van der Waals surface area contributed by atoms with Gasteiger partial charge in [0.2, 0.25) is 0 Å². The molecule has 0 atom stereocenters. The summed E-state index contributed by atoms with van der Waals surface area (Å²) >= 11 is 11.9. The molecule has 0 unspecified atom stereocenters. The Balaban J connectivity index is 2.24. The number of hydrogen-bond acceptors (Lipinski definition) is 2. The summed E-state index contributed by atoms with van der Waals surface area (Å²) in [5, 5.41) is 0.770. The van der Waals surface area contributed by atoms with E-state index in [1.807, 2.05) is 13.8 Å². The molecule has 0 aliphatic rings. The van der Waals surface area contributed by atoms with Gasteiger partial charge in [0.1, 0.15) is 5.69 Å². The Labute approximate surface area is 153 Å². The molecule has 8 heteroatoms. The third-order valence-corrected chi connectivity index (χ3v) is 4.26. The van der Waals surface area contributed by atoms with E-state index in [0.717, 1.165) is 23.9 Å². The summed E-state index contributed by atoms with van der Waals surface area (Å²) in [5.74, 6) is -0.415. The molecule has 0 saturated carbocycles. The molecule has 25 heavy (non-hydrogen) atoms. The first kappa shape index (κ1) is 19.5. The molecular formula is C17H15Cl2F3N2O. The average molecular weight is 391 g/mol. The van der Waals surface area contributed by atoms with Gasteiger partial charge >= 0.3 is 6.18 Å². The Morgan fingerprint density at radius 1 is 1.16 bits per heavy atom. The predicted molar refractivity (Wildman–Crippen MR) is 90.7 cm³/mol. The van der Waals surface area contributed by atoms with E-state index in [1.165, 1.54) is 4.90 Å². The number of hydrogen-bond donors (Lipinski definition) is 0. The zero-order valence-corrected chi connectivity index (χ0v) is 15.0. The molecule has 0 saturated heterocycles. The smallest absolute Gasteiger partial charge is 0.332 e. The van der Waals surface area contributed by atoms with Crippen LogP contribution in [0.1, 0.15) is 35.5 Å². The van der Waals surface area contributed by atoms with Gasteiger partial charge < -0.3 is 4.90 Å². The summed E-state index contributed by atoms with van der Waals surface area (Å²) < 4.78 is 37.8. The molecule has 0 aliphatic heterocycles. The summed E-state index contributed by atoms with van der Waals surface area (Å²) in [4.78, 5) is 17.5. The van der Waals surface area contributed by atoms with E-state index >= 15 is 0 Å². The number of carbonyl (C=O) groups excluding carboxylic acids is 1. The summed E-state index contributed by atoms with van der Waals surface area (Å²) in [7, 11) is 0.